The zero-order valence-corrected chi connectivity index (χ0v) is 51.8. The Morgan fingerprint density at radius 3 is 0.781 bits per heavy atom. The van der Waals surface area contributed by atoms with Crippen LogP contribution >= 0.6 is 0 Å². The van der Waals surface area contributed by atoms with E-state index in [0.717, 1.165) is 37.5 Å². The Kier molecular flexibility index (Phi) is 44.0. The largest absolute Gasteiger partial charge is 0.465 e. The van der Waals surface area contributed by atoms with Crippen LogP contribution in [0.2, 0.25) is 0 Å². The van der Waals surface area contributed by atoms with Gasteiger partial charge >= 0.3 is 11.9 Å². The summed E-state index contributed by atoms with van der Waals surface area (Å²) >= 11 is 0. The van der Waals surface area contributed by atoms with Gasteiger partial charge in [-0.1, -0.05) is 300 Å². The second-order valence-corrected chi connectivity index (χ2v) is 27.0. The van der Waals surface area contributed by atoms with Crippen molar-refractivity contribution in [3.05, 3.63) is 0 Å². The maximum absolute atomic E-state index is 13.0. The lowest BCUT2D eigenvalue weighted by molar-refractivity contribution is -0.154. The first kappa shape index (κ1) is 70.0. The van der Waals surface area contributed by atoms with E-state index in [1.165, 1.54) is 283 Å². The summed E-state index contributed by atoms with van der Waals surface area (Å²) in [5.41, 5.74) is 0.680. The zero-order valence-electron chi connectivity index (χ0n) is 51.8. The average molecular weight is 1030 g/mol. The highest BCUT2D eigenvalue weighted by atomic mass is 16.5. The summed E-state index contributed by atoms with van der Waals surface area (Å²) in [4.78, 5) is 25.8. The molecule has 0 heterocycles. The highest BCUT2D eigenvalue weighted by Crippen LogP contribution is 2.41. The molecular formula is C69H134O4. The van der Waals surface area contributed by atoms with Crippen molar-refractivity contribution in [3.8, 4) is 0 Å². The van der Waals surface area contributed by atoms with Gasteiger partial charge in [0.1, 0.15) is 0 Å². The summed E-state index contributed by atoms with van der Waals surface area (Å²) in [6.45, 7) is 24.6. The molecule has 0 amide bonds. The van der Waals surface area contributed by atoms with Crippen LogP contribution in [0.25, 0.3) is 0 Å². The fourth-order valence-corrected chi connectivity index (χ4v) is 12.4. The van der Waals surface area contributed by atoms with Crippen molar-refractivity contribution in [2.24, 2.45) is 39.9 Å². The Morgan fingerprint density at radius 1 is 0.329 bits per heavy atom. The van der Waals surface area contributed by atoms with Crippen LogP contribution in [0.15, 0.2) is 0 Å². The predicted molar refractivity (Wildman–Crippen MR) is 322 cm³/mol. The highest BCUT2D eigenvalue weighted by Gasteiger charge is 2.35. The van der Waals surface area contributed by atoms with Crippen LogP contribution in [-0.4, -0.2) is 25.2 Å². The topological polar surface area (TPSA) is 52.6 Å². The normalized spacial score (nSPS) is 19.9. The van der Waals surface area contributed by atoms with Gasteiger partial charge in [0.25, 0.3) is 0 Å². The third kappa shape index (κ3) is 39.0. The number of esters is 2. The minimum atomic E-state index is 0.0992. The molecule has 4 nitrogen and oxygen atoms in total. The smallest absolute Gasteiger partial charge is 0.308 e. The van der Waals surface area contributed by atoms with Crippen LogP contribution in [0.5, 0.6) is 0 Å². The van der Waals surface area contributed by atoms with Gasteiger partial charge in [-0.2, -0.15) is 0 Å². The summed E-state index contributed by atoms with van der Waals surface area (Å²) in [5.74, 6) is 2.02. The molecule has 0 bridgehead atoms. The van der Waals surface area contributed by atoms with E-state index in [4.69, 9.17) is 9.47 Å². The second kappa shape index (κ2) is 45.9. The molecule has 0 saturated heterocycles. The maximum Gasteiger partial charge on any atom is 0.308 e. The lowest BCUT2D eigenvalue weighted by atomic mass is 9.70. The molecule has 0 aromatic heterocycles. The molecule has 2 aliphatic rings. The maximum atomic E-state index is 13.0. The minimum Gasteiger partial charge on any atom is -0.465 e. The van der Waals surface area contributed by atoms with E-state index >= 15 is 0 Å². The van der Waals surface area contributed by atoms with Gasteiger partial charge in [0, 0.05) is 10.8 Å². The molecule has 434 valence electrons. The van der Waals surface area contributed by atoms with E-state index < -0.39 is 0 Å². The van der Waals surface area contributed by atoms with Gasteiger partial charge in [-0.3, -0.25) is 9.59 Å². The molecular weight excluding hydrogens is 893 g/mol. The number of hydrogen-bond donors (Lipinski definition) is 0. The quantitative estimate of drug-likeness (QED) is 0.0450. The molecule has 0 aromatic rings. The molecule has 2 fully saturated rings. The van der Waals surface area contributed by atoms with Gasteiger partial charge in [-0.15, -0.1) is 0 Å². The lowest BCUT2D eigenvalue weighted by Gasteiger charge is -2.36. The minimum absolute atomic E-state index is 0.0992. The van der Waals surface area contributed by atoms with Gasteiger partial charge in [0.15, 0.2) is 0 Å². The Hall–Kier alpha value is -1.06. The molecule has 2 unspecified atom stereocenters. The molecule has 0 spiro atoms. The standard InChI is InChI=1S/C36H70O2.C33H64O2/c1-7-9-11-13-15-17-18-20-22-24-30-36(6,29-23-21-19-16-14-12-10-8-2)31-38-34(37)32-25-27-33(28-26-32)35(3,4)5;1-5-7-9-11-13-15-16-18-20-22-28-33(4,27-21-19-17-14-12-10-8-6-2)29-35-32(34)31-25-23-30(3)24-26-31/h32-33H,7-31H2,1-6H3;30-31H,5-29H2,1-4H3. The monoisotopic (exact) mass is 1030 g/mol. The van der Waals surface area contributed by atoms with Crippen LogP contribution in [0, 0.1) is 39.9 Å². The number of hydrogen-bond acceptors (Lipinski definition) is 4. The van der Waals surface area contributed by atoms with Crippen molar-refractivity contribution in [2.75, 3.05) is 13.2 Å². The number of carbonyl (C=O) groups excluding carboxylic acids is 2. The zero-order chi connectivity index (χ0) is 53.7. The van der Waals surface area contributed by atoms with Crippen LogP contribution in [0.3, 0.4) is 0 Å². The van der Waals surface area contributed by atoms with Gasteiger partial charge < -0.3 is 9.47 Å². The van der Waals surface area contributed by atoms with E-state index in [1.807, 2.05) is 0 Å². The molecule has 2 saturated carbocycles. The summed E-state index contributed by atoms with van der Waals surface area (Å²) in [6.07, 6.45) is 63.2. The van der Waals surface area contributed by atoms with Crippen molar-refractivity contribution >= 4 is 11.9 Å². The van der Waals surface area contributed by atoms with E-state index in [0.29, 0.717) is 18.6 Å². The molecule has 0 radical (unpaired) electrons. The number of rotatable bonds is 46. The third-order valence-corrected chi connectivity index (χ3v) is 18.3. The average Bonchev–Trinajstić information content (AvgIpc) is 3.38. The molecule has 0 N–H and O–H groups in total. The van der Waals surface area contributed by atoms with Crippen molar-refractivity contribution < 1.29 is 19.1 Å². The fraction of sp³-hybridized carbons (Fsp3) is 0.971. The third-order valence-electron chi connectivity index (χ3n) is 18.3. The van der Waals surface area contributed by atoms with Gasteiger partial charge in [0.2, 0.25) is 0 Å². The molecule has 2 atom stereocenters. The van der Waals surface area contributed by atoms with Crippen LogP contribution in [-0.2, 0) is 19.1 Å². The van der Waals surface area contributed by atoms with Crippen molar-refractivity contribution in [1.82, 2.24) is 0 Å². The second-order valence-electron chi connectivity index (χ2n) is 27.0. The lowest BCUT2D eigenvalue weighted by Crippen LogP contribution is -2.32. The van der Waals surface area contributed by atoms with E-state index in [-0.39, 0.29) is 34.6 Å². The van der Waals surface area contributed by atoms with E-state index in [2.05, 4.69) is 69.2 Å². The SMILES string of the molecule is CCCCCCCCCCCCC(C)(CCCCCCCCCC)COC(=O)C1CCC(C(C)(C)C)CC1.CCCCCCCCCCCCC(C)(CCCCCCCCCC)COC(=O)C1CCC(C)CC1. The Balaban J connectivity index is 0.000000732. The molecule has 73 heavy (non-hydrogen) atoms. The van der Waals surface area contributed by atoms with E-state index in [9.17, 15) is 9.59 Å². The molecule has 0 aliphatic heterocycles. The molecule has 2 aliphatic carbocycles. The fourth-order valence-electron chi connectivity index (χ4n) is 12.4. The summed E-state index contributed by atoms with van der Waals surface area (Å²) in [6, 6.07) is 0. The number of unbranched alkanes of at least 4 members (excludes halogenated alkanes) is 32. The summed E-state index contributed by atoms with van der Waals surface area (Å²) < 4.78 is 12.1. The molecule has 4 heteroatoms. The van der Waals surface area contributed by atoms with Gasteiger partial charge in [-0.25, -0.2) is 0 Å². The Morgan fingerprint density at radius 2 is 0.548 bits per heavy atom. The first-order chi connectivity index (χ1) is 35.2. The molecule has 0 aromatic carbocycles. The first-order valence-corrected chi connectivity index (χ1v) is 33.6. The summed E-state index contributed by atoms with van der Waals surface area (Å²) in [5, 5.41) is 0. The van der Waals surface area contributed by atoms with Crippen molar-refractivity contribution in [2.45, 2.75) is 377 Å². The van der Waals surface area contributed by atoms with Crippen molar-refractivity contribution in [3.63, 3.8) is 0 Å². The number of ether oxygens (including phenoxy) is 2. The molecule has 2 rings (SSSR count). The van der Waals surface area contributed by atoms with Crippen molar-refractivity contribution in [1.29, 1.82) is 0 Å². The van der Waals surface area contributed by atoms with Crippen LogP contribution in [0.1, 0.15) is 377 Å². The van der Waals surface area contributed by atoms with Crippen LogP contribution in [0.4, 0.5) is 0 Å². The predicted octanol–water partition coefficient (Wildman–Crippen LogP) is 23.4. The van der Waals surface area contributed by atoms with Gasteiger partial charge in [0.05, 0.1) is 25.0 Å². The summed E-state index contributed by atoms with van der Waals surface area (Å²) in [7, 11) is 0. The van der Waals surface area contributed by atoms with E-state index in [1.54, 1.807) is 0 Å². The van der Waals surface area contributed by atoms with Crippen LogP contribution < -0.4 is 0 Å². The highest BCUT2D eigenvalue weighted by molar-refractivity contribution is 5.73. The van der Waals surface area contributed by atoms with Gasteiger partial charge in [-0.05, 0) is 94.3 Å². The Bertz CT molecular complexity index is 1220. The first-order valence-electron chi connectivity index (χ1n) is 33.6. The number of carbonyl (C=O) groups is 2. The Labute approximate surface area is 459 Å².